The van der Waals surface area contributed by atoms with Gasteiger partial charge < -0.3 is 26.5 Å². The van der Waals surface area contributed by atoms with E-state index in [0.717, 1.165) is 45.3 Å². The number of nitrogens with one attached hydrogen (secondary N) is 1. The predicted octanol–water partition coefficient (Wildman–Crippen LogP) is 2.78. The van der Waals surface area contributed by atoms with E-state index in [1.54, 1.807) is 6.07 Å². The van der Waals surface area contributed by atoms with Crippen LogP contribution in [0.1, 0.15) is 64.4 Å². The van der Waals surface area contributed by atoms with Gasteiger partial charge in [0, 0.05) is 12.5 Å². The average molecular weight is 484 g/mol. The van der Waals surface area contributed by atoms with E-state index < -0.39 is 5.91 Å². The van der Waals surface area contributed by atoms with Crippen LogP contribution in [0.4, 0.5) is 0 Å². The number of piperidine rings is 1. The first kappa shape index (κ1) is 29.2. The number of halogens is 1. The fourth-order valence-corrected chi connectivity index (χ4v) is 5.55. The van der Waals surface area contributed by atoms with Crippen LogP contribution >= 0.6 is 12.4 Å². The minimum atomic E-state index is -0.494. The van der Waals surface area contributed by atoms with Crippen LogP contribution in [-0.2, 0) is 15.0 Å². The van der Waals surface area contributed by atoms with Crippen molar-refractivity contribution in [3.63, 3.8) is 0 Å². The molecule has 0 spiro atoms. The van der Waals surface area contributed by atoms with Gasteiger partial charge in [0.1, 0.15) is 5.75 Å². The van der Waals surface area contributed by atoms with E-state index in [-0.39, 0.29) is 41.7 Å². The summed E-state index contributed by atoms with van der Waals surface area (Å²) in [4.78, 5) is 26.4. The van der Waals surface area contributed by atoms with E-state index in [1.165, 1.54) is 24.8 Å². The molecule has 0 radical (unpaired) electrons. The summed E-state index contributed by atoms with van der Waals surface area (Å²) in [6, 6.07) is 7.66. The Kier molecular flexibility index (Phi) is 11.6. The maximum atomic E-state index is 12.8. The van der Waals surface area contributed by atoms with Gasteiger partial charge in [-0.1, -0.05) is 45.2 Å². The number of carbonyl (C=O) groups excluding carboxylic acids is 2. The zero-order valence-corrected chi connectivity index (χ0v) is 20.8. The molecule has 2 aliphatic rings. The minimum absolute atomic E-state index is 0. The van der Waals surface area contributed by atoms with Gasteiger partial charge in [-0.2, -0.15) is 0 Å². The molecule has 8 heteroatoms. The van der Waals surface area contributed by atoms with Gasteiger partial charge in [-0.3, -0.25) is 9.59 Å². The lowest BCUT2D eigenvalue weighted by Gasteiger charge is -2.45. The number of rotatable bonds is 8. The first-order chi connectivity index (χ1) is 14.8. The Morgan fingerprint density at radius 3 is 2.58 bits per heavy atom. The second-order valence-electron chi connectivity index (χ2n) is 9.90. The maximum Gasteiger partial charge on any atom is 0.236 e. The van der Waals surface area contributed by atoms with E-state index in [2.05, 4.69) is 30.1 Å². The molecule has 1 aromatic carbocycles. The van der Waals surface area contributed by atoms with Crippen molar-refractivity contribution in [1.29, 1.82) is 0 Å². The first-order valence-electron chi connectivity index (χ1n) is 11.9. The SMILES string of the molecule is CC1CN(CCC(C(=O)NCC(N)=O)C2CCCCC2)CCC1(C)c1cccc(O)c1.Cl.O. The van der Waals surface area contributed by atoms with Crippen molar-refractivity contribution in [1.82, 2.24) is 10.2 Å². The molecular weight excluding hydrogens is 442 g/mol. The zero-order valence-electron chi connectivity index (χ0n) is 20.0. The molecule has 188 valence electrons. The monoisotopic (exact) mass is 483 g/mol. The van der Waals surface area contributed by atoms with Gasteiger partial charge >= 0.3 is 0 Å². The number of aromatic hydroxyl groups is 1. The number of phenolic OH excluding ortho intramolecular Hbond substituents is 1. The van der Waals surface area contributed by atoms with Crippen LogP contribution in [0.25, 0.3) is 0 Å². The van der Waals surface area contributed by atoms with Crippen LogP contribution in [0.3, 0.4) is 0 Å². The van der Waals surface area contributed by atoms with Crippen molar-refractivity contribution in [2.45, 2.75) is 64.2 Å². The van der Waals surface area contributed by atoms with Crippen molar-refractivity contribution in [3.05, 3.63) is 29.8 Å². The summed E-state index contributed by atoms with van der Waals surface area (Å²) in [5.41, 5.74) is 6.47. The molecule has 1 saturated heterocycles. The summed E-state index contributed by atoms with van der Waals surface area (Å²) in [5, 5.41) is 12.7. The lowest BCUT2D eigenvalue weighted by Crippen LogP contribution is -2.48. The Balaban J connectivity index is 0.00000272. The predicted molar refractivity (Wildman–Crippen MR) is 133 cm³/mol. The van der Waals surface area contributed by atoms with E-state index >= 15 is 0 Å². The summed E-state index contributed by atoms with van der Waals surface area (Å²) < 4.78 is 0. The highest BCUT2D eigenvalue weighted by Gasteiger charge is 2.38. The molecule has 33 heavy (non-hydrogen) atoms. The third-order valence-corrected chi connectivity index (χ3v) is 7.82. The van der Waals surface area contributed by atoms with Gasteiger partial charge in [0.25, 0.3) is 0 Å². The molecule has 2 fully saturated rings. The number of hydrogen-bond acceptors (Lipinski definition) is 4. The second kappa shape index (κ2) is 13.2. The number of primary amides is 1. The van der Waals surface area contributed by atoms with Crippen molar-refractivity contribution >= 4 is 24.2 Å². The molecule has 1 aliphatic carbocycles. The van der Waals surface area contributed by atoms with Crippen molar-refractivity contribution < 1.29 is 20.2 Å². The van der Waals surface area contributed by atoms with E-state index in [4.69, 9.17) is 5.73 Å². The Morgan fingerprint density at radius 2 is 1.97 bits per heavy atom. The van der Waals surface area contributed by atoms with Crippen LogP contribution in [0.2, 0.25) is 0 Å². The number of benzene rings is 1. The molecule has 1 heterocycles. The highest BCUT2D eigenvalue weighted by Crippen LogP contribution is 2.40. The standard InChI is InChI=1S/C25H39N3O3.ClH.H2O/c1-18-17-28(14-12-25(18,2)20-9-6-10-21(29)15-20)13-11-22(19-7-4-3-5-8-19)24(31)27-16-23(26)30;;/h6,9-10,15,18-19,22,29H,3-5,7-8,11-14,16-17H2,1-2H3,(H2,26,30)(H,27,31);1H;1H2. The Bertz CT molecular complexity index is 772. The number of amides is 2. The van der Waals surface area contributed by atoms with E-state index in [1.807, 2.05) is 12.1 Å². The number of carbonyl (C=O) groups is 2. The molecule has 1 saturated carbocycles. The van der Waals surface area contributed by atoms with Crippen molar-refractivity contribution in [3.8, 4) is 5.75 Å². The normalized spacial score (nSPS) is 24.7. The Labute approximate surface area is 204 Å². The van der Waals surface area contributed by atoms with Gasteiger partial charge in [0.15, 0.2) is 0 Å². The van der Waals surface area contributed by atoms with Gasteiger partial charge in [0.05, 0.1) is 6.54 Å². The molecule has 3 unspecified atom stereocenters. The summed E-state index contributed by atoms with van der Waals surface area (Å²) >= 11 is 0. The third kappa shape index (κ3) is 7.59. The number of likely N-dealkylation sites (tertiary alicyclic amines) is 1. The van der Waals surface area contributed by atoms with Gasteiger partial charge in [-0.15, -0.1) is 12.4 Å². The minimum Gasteiger partial charge on any atom is -0.508 e. The van der Waals surface area contributed by atoms with Crippen molar-refractivity contribution in [2.24, 2.45) is 23.5 Å². The summed E-state index contributed by atoms with van der Waals surface area (Å²) in [5.74, 6) is 0.619. The number of nitrogens with two attached hydrogens (primary N) is 1. The van der Waals surface area contributed by atoms with Gasteiger partial charge in [-0.25, -0.2) is 0 Å². The summed E-state index contributed by atoms with van der Waals surface area (Å²) in [7, 11) is 0. The highest BCUT2D eigenvalue weighted by molar-refractivity contribution is 5.85. The summed E-state index contributed by atoms with van der Waals surface area (Å²) in [6.07, 6.45) is 7.68. The molecule has 6 N–H and O–H groups in total. The Morgan fingerprint density at radius 1 is 1.27 bits per heavy atom. The maximum absolute atomic E-state index is 12.8. The van der Waals surface area contributed by atoms with Crippen LogP contribution in [0.15, 0.2) is 24.3 Å². The van der Waals surface area contributed by atoms with Crippen molar-refractivity contribution in [2.75, 3.05) is 26.2 Å². The van der Waals surface area contributed by atoms with Crippen LogP contribution < -0.4 is 11.1 Å². The molecule has 2 amide bonds. The highest BCUT2D eigenvalue weighted by atomic mass is 35.5. The topological polar surface area (TPSA) is 127 Å². The van der Waals surface area contributed by atoms with E-state index in [0.29, 0.717) is 17.6 Å². The quantitative estimate of drug-likeness (QED) is 0.525. The molecule has 3 atom stereocenters. The first-order valence-corrected chi connectivity index (χ1v) is 11.9. The molecular formula is C25H42ClN3O4. The number of nitrogens with zero attached hydrogens (tertiary/aromatic N) is 1. The van der Waals surface area contributed by atoms with Crippen LogP contribution in [0.5, 0.6) is 5.75 Å². The average Bonchev–Trinajstić information content (AvgIpc) is 2.75. The van der Waals surface area contributed by atoms with Gasteiger partial charge in [-0.05, 0) is 73.7 Å². The molecule has 7 nitrogen and oxygen atoms in total. The molecule has 3 rings (SSSR count). The molecule has 1 aromatic rings. The largest absolute Gasteiger partial charge is 0.508 e. The lowest BCUT2D eigenvalue weighted by molar-refractivity contribution is -0.129. The number of hydrogen-bond donors (Lipinski definition) is 3. The third-order valence-electron chi connectivity index (χ3n) is 7.82. The fourth-order valence-electron chi connectivity index (χ4n) is 5.55. The van der Waals surface area contributed by atoms with Crippen LogP contribution in [-0.4, -0.2) is 53.5 Å². The van der Waals surface area contributed by atoms with Crippen LogP contribution in [0, 0.1) is 17.8 Å². The number of phenols is 1. The Hall–Kier alpha value is -1.83. The molecule has 1 aliphatic heterocycles. The molecule has 0 aromatic heterocycles. The van der Waals surface area contributed by atoms with Gasteiger partial charge in [0.2, 0.25) is 11.8 Å². The van der Waals surface area contributed by atoms with E-state index in [9.17, 15) is 14.7 Å². The molecule has 0 bridgehead atoms. The lowest BCUT2D eigenvalue weighted by atomic mass is 9.68. The fraction of sp³-hybridized carbons (Fsp3) is 0.680. The smallest absolute Gasteiger partial charge is 0.236 e. The second-order valence-corrected chi connectivity index (χ2v) is 9.90. The summed E-state index contributed by atoms with van der Waals surface area (Å²) in [6.45, 7) is 7.36. The zero-order chi connectivity index (χ0) is 22.4.